The summed E-state index contributed by atoms with van der Waals surface area (Å²) in [6, 6.07) is 5.48. The number of nitrogens with two attached hydrogens (primary N) is 1. The highest BCUT2D eigenvalue weighted by atomic mass is 16.5. The van der Waals surface area contributed by atoms with Crippen LogP contribution in [0.4, 0.5) is 0 Å². The molecule has 18 heavy (non-hydrogen) atoms. The zero-order valence-electron chi connectivity index (χ0n) is 10.9. The van der Waals surface area contributed by atoms with Gasteiger partial charge in [0, 0.05) is 19.2 Å². The van der Waals surface area contributed by atoms with E-state index >= 15 is 0 Å². The molecule has 0 spiro atoms. The van der Waals surface area contributed by atoms with Crippen LogP contribution < -0.4 is 20.5 Å². The van der Waals surface area contributed by atoms with Gasteiger partial charge in [-0.1, -0.05) is 0 Å². The van der Waals surface area contributed by atoms with Crippen molar-refractivity contribution in [1.82, 2.24) is 5.32 Å². The van der Waals surface area contributed by atoms with Gasteiger partial charge in [0.05, 0.1) is 20.1 Å². The topological polar surface area (TPSA) is 73.6 Å². The van der Waals surface area contributed by atoms with E-state index in [1.807, 2.05) is 19.1 Å². The average Bonchev–Trinajstić information content (AvgIpc) is 2.38. The van der Waals surface area contributed by atoms with Crippen molar-refractivity contribution in [3.05, 3.63) is 23.8 Å². The lowest BCUT2D eigenvalue weighted by molar-refractivity contribution is -0.121. The number of ether oxygens (including phenoxy) is 2. The van der Waals surface area contributed by atoms with Gasteiger partial charge in [-0.2, -0.15) is 0 Å². The fourth-order valence-electron chi connectivity index (χ4n) is 1.50. The molecule has 1 rings (SSSR count). The summed E-state index contributed by atoms with van der Waals surface area (Å²) in [5.41, 5.74) is 6.52. The highest BCUT2D eigenvalue weighted by Gasteiger charge is 2.03. The van der Waals surface area contributed by atoms with Gasteiger partial charge in [0.1, 0.15) is 11.5 Å². The maximum Gasteiger partial charge on any atom is 0.223 e. The van der Waals surface area contributed by atoms with Crippen molar-refractivity contribution in [1.29, 1.82) is 0 Å². The summed E-state index contributed by atoms with van der Waals surface area (Å²) in [6.07, 6.45) is 0.336. The molecule has 1 amide bonds. The Kier molecular flexibility index (Phi) is 6.00. The molecule has 5 heteroatoms. The third-order valence-electron chi connectivity index (χ3n) is 2.38. The lowest BCUT2D eigenvalue weighted by Crippen LogP contribution is -2.24. The molecule has 0 aliphatic carbocycles. The molecule has 0 aromatic heterocycles. The Hall–Kier alpha value is -1.75. The summed E-state index contributed by atoms with van der Waals surface area (Å²) in [5.74, 6) is 1.35. The molecule has 0 aliphatic rings. The summed E-state index contributed by atoms with van der Waals surface area (Å²) in [4.78, 5) is 11.2. The second-order valence-corrected chi connectivity index (χ2v) is 3.77. The molecule has 0 unspecified atom stereocenters. The molecule has 0 saturated heterocycles. The van der Waals surface area contributed by atoms with Crippen molar-refractivity contribution in [2.24, 2.45) is 5.73 Å². The third kappa shape index (κ3) is 4.63. The summed E-state index contributed by atoms with van der Waals surface area (Å²) in [6.45, 7) is 3.27. The summed E-state index contributed by atoms with van der Waals surface area (Å²) >= 11 is 0. The van der Waals surface area contributed by atoms with E-state index in [2.05, 4.69) is 5.32 Å². The summed E-state index contributed by atoms with van der Waals surface area (Å²) in [7, 11) is 1.59. The normalized spacial score (nSPS) is 9.94. The van der Waals surface area contributed by atoms with Crippen molar-refractivity contribution in [2.45, 2.75) is 19.9 Å². The van der Waals surface area contributed by atoms with Crippen molar-refractivity contribution in [2.75, 3.05) is 20.3 Å². The number of carbonyl (C=O) groups is 1. The second kappa shape index (κ2) is 7.55. The largest absolute Gasteiger partial charge is 0.497 e. The molecule has 0 aliphatic heterocycles. The summed E-state index contributed by atoms with van der Waals surface area (Å²) in [5, 5.41) is 2.71. The quantitative estimate of drug-likeness (QED) is 0.761. The zero-order chi connectivity index (χ0) is 13.4. The van der Waals surface area contributed by atoms with Crippen LogP contribution in [0.2, 0.25) is 0 Å². The smallest absolute Gasteiger partial charge is 0.223 e. The fourth-order valence-corrected chi connectivity index (χ4v) is 1.50. The average molecular weight is 252 g/mol. The minimum atomic E-state index is -0.0144. The first-order valence-electron chi connectivity index (χ1n) is 5.97. The molecule has 0 bridgehead atoms. The number of carbonyl (C=O) groups excluding carboxylic acids is 1. The Morgan fingerprint density at radius 1 is 1.33 bits per heavy atom. The predicted octanol–water partition coefficient (Wildman–Crippen LogP) is 1.06. The van der Waals surface area contributed by atoms with Gasteiger partial charge in [-0.25, -0.2) is 0 Å². The molecule has 100 valence electrons. The van der Waals surface area contributed by atoms with Gasteiger partial charge in [-0.05, 0) is 24.6 Å². The van der Waals surface area contributed by atoms with E-state index in [0.29, 0.717) is 37.6 Å². The van der Waals surface area contributed by atoms with Crippen LogP contribution in [0.25, 0.3) is 0 Å². The van der Waals surface area contributed by atoms with Crippen LogP contribution >= 0.6 is 0 Å². The number of nitrogens with one attached hydrogen (secondary N) is 1. The van der Waals surface area contributed by atoms with Crippen LogP contribution in [0.15, 0.2) is 18.2 Å². The lowest BCUT2D eigenvalue weighted by atomic mass is 10.2. The number of hydrogen-bond donors (Lipinski definition) is 2. The van der Waals surface area contributed by atoms with Gasteiger partial charge >= 0.3 is 0 Å². The highest BCUT2D eigenvalue weighted by molar-refractivity contribution is 5.75. The zero-order valence-corrected chi connectivity index (χ0v) is 10.9. The monoisotopic (exact) mass is 252 g/mol. The standard InChI is InChI=1S/C13H20N2O3/c1-3-15-13(16)4-5-18-12-7-10(9-14)6-11(8-12)17-2/h6-8H,3-5,9,14H2,1-2H3,(H,15,16). The van der Waals surface area contributed by atoms with E-state index in [1.165, 1.54) is 0 Å². The number of benzene rings is 1. The lowest BCUT2D eigenvalue weighted by Gasteiger charge is -2.10. The van der Waals surface area contributed by atoms with Crippen molar-refractivity contribution >= 4 is 5.91 Å². The van der Waals surface area contributed by atoms with Gasteiger partial charge < -0.3 is 20.5 Å². The first kappa shape index (κ1) is 14.3. The molecule has 1 aromatic carbocycles. The SMILES string of the molecule is CCNC(=O)CCOc1cc(CN)cc(OC)c1. The number of amides is 1. The maximum atomic E-state index is 11.2. The van der Waals surface area contributed by atoms with Gasteiger partial charge in [0.25, 0.3) is 0 Å². The Balaban J connectivity index is 2.53. The van der Waals surface area contributed by atoms with Crippen LogP contribution in [0.3, 0.4) is 0 Å². The van der Waals surface area contributed by atoms with Crippen molar-refractivity contribution in [3.63, 3.8) is 0 Å². The van der Waals surface area contributed by atoms with Gasteiger partial charge in [-0.3, -0.25) is 4.79 Å². The van der Waals surface area contributed by atoms with E-state index in [0.717, 1.165) is 5.56 Å². The molecule has 3 N–H and O–H groups in total. The second-order valence-electron chi connectivity index (χ2n) is 3.77. The van der Waals surface area contributed by atoms with E-state index in [1.54, 1.807) is 13.2 Å². The molecular formula is C13H20N2O3. The van der Waals surface area contributed by atoms with Gasteiger partial charge in [0.2, 0.25) is 5.91 Å². The molecule has 0 atom stereocenters. The highest BCUT2D eigenvalue weighted by Crippen LogP contribution is 2.22. The van der Waals surface area contributed by atoms with Gasteiger partial charge in [0.15, 0.2) is 0 Å². The van der Waals surface area contributed by atoms with E-state index in [4.69, 9.17) is 15.2 Å². The Morgan fingerprint density at radius 2 is 2.06 bits per heavy atom. The first-order chi connectivity index (χ1) is 8.69. The minimum absolute atomic E-state index is 0.0144. The molecular weight excluding hydrogens is 232 g/mol. The third-order valence-corrected chi connectivity index (χ3v) is 2.38. The Labute approximate surface area is 107 Å². The number of hydrogen-bond acceptors (Lipinski definition) is 4. The Morgan fingerprint density at radius 3 is 2.67 bits per heavy atom. The molecule has 0 heterocycles. The molecule has 1 aromatic rings. The minimum Gasteiger partial charge on any atom is -0.497 e. The van der Waals surface area contributed by atoms with E-state index in [-0.39, 0.29) is 5.91 Å². The maximum absolute atomic E-state index is 11.2. The van der Waals surface area contributed by atoms with Crippen molar-refractivity contribution < 1.29 is 14.3 Å². The van der Waals surface area contributed by atoms with E-state index in [9.17, 15) is 4.79 Å². The van der Waals surface area contributed by atoms with Crippen LogP contribution in [0.5, 0.6) is 11.5 Å². The van der Waals surface area contributed by atoms with Crippen LogP contribution in [-0.2, 0) is 11.3 Å². The van der Waals surface area contributed by atoms with Crippen LogP contribution in [0, 0.1) is 0 Å². The molecule has 5 nitrogen and oxygen atoms in total. The van der Waals surface area contributed by atoms with Crippen molar-refractivity contribution in [3.8, 4) is 11.5 Å². The van der Waals surface area contributed by atoms with Crippen LogP contribution in [-0.4, -0.2) is 26.2 Å². The fraction of sp³-hybridized carbons (Fsp3) is 0.462. The first-order valence-corrected chi connectivity index (χ1v) is 5.97. The Bertz CT molecular complexity index is 372. The molecule has 0 radical (unpaired) electrons. The number of rotatable bonds is 7. The molecule has 0 saturated carbocycles. The van der Waals surface area contributed by atoms with Gasteiger partial charge in [-0.15, -0.1) is 0 Å². The summed E-state index contributed by atoms with van der Waals surface area (Å²) < 4.78 is 10.7. The number of methoxy groups -OCH3 is 1. The predicted molar refractivity (Wildman–Crippen MR) is 69.7 cm³/mol. The van der Waals surface area contributed by atoms with Crippen LogP contribution in [0.1, 0.15) is 18.9 Å². The van der Waals surface area contributed by atoms with E-state index < -0.39 is 0 Å². The molecule has 0 fully saturated rings.